The number of anilines is 1. The standard InChI is InChI=1S/C18H16FN5O/c1-18(9-25-10-18)8-21-14-5-16(24-17(6-14)22-11-23-24)12-2-3-13(7-20)15(19)4-12/h2-6,11,21H,8-10H2,1H3. The third kappa shape index (κ3) is 2.81. The van der Waals surface area contributed by atoms with Gasteiger partial charge in [0.1, 0.15) is 18.2 Å². The number of ether oxygens (including phenoxy) is 1. The number of nitriles is 1. The fourth-order valence-electron chi connectivity index (χ4n) is 2.86. The number of hydrogen-bond acceptors (Lipinski definition) is 5. The van der Waals surface area contributed by atoms with Gasteiger partial charge in [0.05, 0.1) is 24.5 Å². The molecule has 0 amide bonds. The van der Waals surface area contributed by atoms with Gasteiger partial charge < -0.3 is 10.1 Å². The summed E-state index contributed by atoms with van der Waals surface area (Å²) in [7, 11) is 0. The van der Waals surface area contributed by atoms with E-state index in [9.17, 15) is 4.39 Å². The highest BCUT2D eigenvalue weighted by atomic mass is 19.1. The molecule has 2 aromatic heterocycles. The van der Waals surface area contributed by atoms with Crippen molar-refractivity contribution >= 4 is 11.3 Å². The van der Waals surface area contributed by atoms with Gasteiger partial charge >= 0.3 is 0 Å². The zero-order chi connectivity index (χ0) is 17.4. The Balaban J connectivity index is 1.73. The Hall–Kier alpha value is -2.98. The first-order valence-corrected chi connectivity index (χ1v) is 7.93. The van der Waals surface area contributed by atoms with E-state index in [0.29, 0.717) is 16.9 Å². The van der Waals surface area contributed by atoms with Crippen LogP contribution in [0.5, 0.6) is 0 Å². The summed E-state index contributed by atoms with van der Waals surface area (Å²) in [4.78, 5) is 4.24. The second-order valence-corrected chi connectivity index (χ2v) is 6.62. The van der Waals surface area contributed by atoms with E-state index in [-0.39, 0.29) is 11.0 Å². The summed E-state index contributed by atoms with van der Waals surface area (Å²) < 4.78 is 21.0. The molecule has 0 saturated carbocycles. The van der Waals surface area contributed by atoms with E-state index in [1.807, 2.05) is 18.2 Å². The Kier molecular flexibility index (Phi) is 3.62. The van der Waals surface area contributed by atoms with E-state index in [1.54, 1.807) is 10.6 Å². The van der Waals surface area contributed by atoms with Crippen molar-refractivity contribution in [1.29, 1.82) is 5.26 Å². The first kappa shape index (κ1) is 15.5. The first-order chi connectivity index (χ1) is 12.1. The van der Waals surface area contributed by atoms with E-state index in [2.05, 4.69) is 22.3 Å². The predicted molar refractivity (Wildman–Crippen MR) is 90.5 cm³/mol. The van der Waals surface area contributed by atoms with Gasteiger partial charge in [-0.25, -0.2) is 13.9 Å². The molecule has 0 unspecified atom stereocenters. The molecule has 126 valence electrons. The van der Waals surface area contributed by atoms with E-state index >= 15 is 0 Å². The Labute approximate surface area is 143 Å². The minimum absolute atomic E-state index is 0.0192. The second-order valence-electron chi connectivity index (χ2n) is 6.62. The molecule has 0 radical (unpaired) electrons. The lowest BCUT2D eigenvalue weighted by atomic mass is 9.88. The van der Waals surface area contributed by atoms with Gasteiger partial charge in [-0.3, -0.25) is 0 Å². The fourth-order valence-corrected chi connectivity index (χ4v) is 2.86. The molecule has 4 rings (SSSR count). The Bertz CT molecular complexity index is 987. The molecule has 1 fully saturated rings. The zero-order valence-corrected chi connectivity index (χ0v) is 13.7. The van der Waals surface area contributed by atoms with Crippen LogP contribution in [0.1, 0.15) is 12.5 Å². The SMILES string of the molecule is CC1(CNc2cc(-c3ccc(C#N)c(F)c3)n3ncnc3c2)COC1. The maximum atomic E-state index is 14.0. The summed E-state index contributed by atoms with van der Waals surface area (Å²) in [5.41, 5.74) is 3.03. The Morgan fingerprint density at radius 2 is 2.20 bits per heavy atom. The molecule has 0 atom stereocenters. The number of benzene rings is 1. The van der Waals surface area contributed by atoms with Crippen LogP contribution in [0, 0.1) is 22.6 Å². The molecule has 6 nitrogen and oxygen atoms in total. The lowest BCUT2D eigenvalue weighted by Crippen LogP contribution is -2.45. The minimum Gasteiger partial charge on any atom is -0.384 e. The van der Waals surface area contributed by atoms with Gasteiger partial charge in [0.2, 0.25) is 0 Å². The van der Waals surface area contributed by atoms with Gasteiger partial charge in [-0.15, -0.1) is 0 Å². The summed E-state index contributed by atoms with van der Waals surface area (Å²) >= 11 is 0. The smallest absolute Gasteiger partial charge is 0.158 e. The molecule has 1 aromatic carbocycles. The number of aromatic nitrogens is 3. The van der Waals surface area contributed by atoms with Crippen molar-refractivity contribution in [3.63, 3.8) is 0 Å². The van der Waals surface area contributed by atoms with Gasteiger partial charge in [0.15, 0.2) is 5.65 Å². The average Bonchev–Trinajstić information content (AvgIpc) is 3.06. The molecule has 25 heavy (non-hydrogen) atoms. The highest BCUT2D eigenvalue weighted by Crippen LogP contribution is 2.29. The van der Waals surface area contributed by atoms with Gasteiger partial charge in [0.25, 0.3) is 0 Å². The predicted octanol–water partition coefficient (Wildman–Crippen LogP) is 2.86. The fraction of sp³-hybridized carbons (Fsp3) is 0.278. The largest absolute Gasteiger partial charge is 0.384 e. The normalized spacial score (nSPS) is 15.6. The van der Waals surface area contributed by atoms with Crippen LogP contribution < -0.4 is 5.32 Å². The van der Waals surface area contributed by atoms with Crippen molar-refractivity contribution < 1.29 is 9.13 Å². The number of nitrogens with one attached hydrogen (secondary N) is 1. The second kappa shape index (κ2) is 5.83. The summed E-state index contributed by atoms with van der Waals surface area (Å²) in [5, 5.41) is 16.5. The molecular formula is C18H16FN5O. The molecule has 1 saturated heterocycles. The van der Waals surface area contributed by atoms with E-state index in [0.717, 1.165) is 25.4 Å². The van der Waals surface area contributed by atoms with Crippen LogP contribution in [0.25, 0.3) is 16.9 Å². The van der Waals surface area contributed by atoms with Gasteiger partial charge in [-0.1, -0.05) is 13.0 Å². The Morgan fingerprint density at radius 1 is 1.36 bits per heavy atom. The molecule has 0 bridgehead atoms. The third-order valence-corrected chi connectivity index (χ3v) is 4.38. The van der Waals surface area contributed by atoms with Gasteiger partial charge in [-0.2, -0.15) is 10.4 Å². The summed E-state index contributed by atoms with van der Waals surface area (Å²) in [5.74, 6) is -0.550. The number of fused-ring (bicyclic) bond motifs is 1. The van der Waals surface area contributed by atoms with Gasteiger partial charge in [0, 0.05) is 29.3 Å². The quantitative estimate of drug-likeness (QED) is 0.792. The number of pyridine rings is 1. The highest BCUT2D eigenvalue weighted by Gasteiger charge is 2.33. The molecule has 1 aliphatic heterocycles. The van der Waals surface area contributed by atoms with E-state index < -0.39 is 5.82 Å². The molecule has 7 heteroatoms. The first-order valence-electron chi connectivity index (χ1n) is 7.93. The lowest BCUT2D eigenvalue weighted by Gasteiger charge is -2.38. The van der Waals surface area contributed by atoms with Crippen molar-refractivity contribution in [2.75, 3.05) is 25.1 Å². The van der Waals surface area contributed by atoms with Gasteiger partial charge in [-0.05, 0) is 18.2 Å². The highest BCUT2D eigenvalue weighted by molar-refractivity contribution is 5.70. The molecule has 3 aromatic rings. The maximum Gasteiger partial charge on any atom is 0.158 e. The lowest BCUT2D eigenvalue weighted by molar-refractivity contribution is -0.0924. The summed E-state index contributed by atoms with van der Waals surface area (Å²) in [6, 6.07) is 10.2. The third-order valence-electron chi connectivity index (χ3n) is 4.38. The van der Waals surface area contributed by atoms with Crippen LogP contribution in [0.15, 0.2) is 36.7 Å². The molecular weight excluding hydrogens is 321 g/mol. The molecule has 1 N–H and O–H groups in total. The number of nitrogens with zero attached hydrogens (tertiary/aromatic N) is 4. The van der Waals surface area contributed by atoms with Crippen LogP contribution in [0.3, 0.4) is 0 Å². The monoisotopic (exact) mass is 337 g/mol. The maximum absolute atomic E-state index is 14.0. The van der Waals surface area contributed by atoms with Crippen LogP contribution in [0.4, 0.5) is 10.1 Å². The number of halogens is 1. The summed E-state index contributed by atoms with van der Waals surface area (Å²) in [6.07, 6.45) is 1.46. The minimum atomic E-state index is -0.550. The Morgan fingerprint density at radius 3 is 2.88 bits per heavy atom. The van der Waals surface area contributed by atoms with Crippen LogP contribution in [-0.2, 0) is 4.74 Å². The summed E-state index contributed by atoms with van der Waals surface area (Å²) in [6.45, 7) is 4.41. The van der Waals surface area contributed by atoms with Crippen molar-refractivity contribution in [1.82, 2.24) is 14.6 Å². The van der Waals surface area contributed by atoms with Crippen molar-refractivity contribution in [2.45, 2.75) is 6.92 Å². The average molecular weight is 337 g/mol. The van der Waals surface area contributed by atoms with Crippen molar-refractivity contribution in [3.05, 3.63) is 48.0 Å². The zero-order valence-electron chi connectivity index (χ0n) is 13.7. The number of rotatable bonds is 4. The van der Waals surface area contributed by atoms with Crippen LogP contribution >= 0.6 is 0 Å². The van der Waals surface area contributed by atoms with E-state index in [1.165, 1.54) is 18.5 Å². The van der Waals surface area contributed by atoms with Crippen LogP contribution in [0.2, 0.25) is 0 Å². The van der Waals surface area contributed by atoms with Crippen LogP contribution in [-0.4, -0.2) is 34.4 Å². The van der Waals surface area contributed by atoms with Crippen molar-refractivity contribution in [3.8, 4) is 17.3 Å². The topological polar surface area (TPSA) is 75.2 Å². The van der Waals surface area contributed by atoms with Crippen molar-refractivity contribution in [2.24, 2.45) is 5.41 Å². The molecule has 0 spiro atoms. The molecule has 3 heterocycles. The molecule has 0 aliphatic carbocycles. The molecule has 1 aliphatic rings. The van der Waals surface area contributed by atoms with E-state index in [4.69, 9.17) is 10.00 Å². The number of hydrogen-bond donors (Lipinski definition) is 1.